The number of ether oxygens (including phenoxy) is 2. The molecule has 0 radical (unpaired) electrons. The first kappa shape index (κ1) is 20.7. The van der Waals surface area contributed by atoms with E-state index in [0.717, 1.165) is 11.1 Å². The van der Waals surface area contributed by atoms with Crippen LogP contribution in [-0.2, 0) is 20.3 Å². The third-order valence-electron chi connectivity index (χ3n) is 4.99. The summed E-state index contributed by atoms with van der Waals surface area (Å²) in [6, 6.07) is 17.4. The molecule has 2 atom stereocenters. The Labute approximate surface area is 159 Å². The number of rotatable bonds is 5. The maximum absolute atomic E-state index is 5.84. The van der Waals surface area contributed by atoms with Crippen LogP contribution in [0.2, 0.25) is 0 Å². The van der Waals surface area contributed by atoms with E-state index in [9.17, 15) is 0 Å². The zero-order chi connectivity index (χ0) is 19.5. The van der Waals surface area contributed by atoms with Crippen LogP contribution in [0.3, 0.4) is 0 Å². The van der Waals surface area contributed by atoms with Crippen LogP contribution in [0.15, 0.2) is 48.5 Å². The highest BCUT2D eigenvalue weighted by Crippen LogP contribution is 2.36. The van der Waals surface area contributed by atoms with Crippen LogP contribution < -0.4 is 0 Å². The summed E-state index contributed by atoms with van der Waals surface area (Å²) in [5.41, 5.74) is 5.19. The Bertz CT molecular complexity index is 621. The molecule has 0 aromatic heterocycles. The van der Waals surface area contributed by atoms with Crippen molar-refractivity contribution in [2.75, 3.05) is 14.2 Å². The molecule has 2 aromatic carbocycles. The highest BCUT2D eigenvalue weighted by Gasteiger charge is 2.26. The molecule has 0 aliphatic heterocycles. The second-order valence-electron chi connectivity index (χ2n) is 9.06. The molecule has 0 aliphatic rings. The minimum atomic E-state index is -0.144. The second kappa shape index (κ2) is 7.94. The van der Waals surface area contributed by atoms with Crippen molar-refractivity contribution < 1.29 is 9.47 Å². The summed E-state index contributed by atoms with van der Waals surface area (Å²) in [5.74, 6) is 0. The Morgan fingerprint density at radius 3 is 1.00 bits per heavy atom. The van der Waals surface area contributed by atoms with Crippen LogP contribution in [0.25, 0.3) is 0 Å². The number of methoxy groups -OCH3 is 2. The third-order valence-corrected chi connectivity index (χ3v) is 4.99. The predicted octanol–water partition coefficient (Wildman–Crippen LogP) is 6.36. The second-order valence-corrected chi connectivity index (χ2v) is 9.06. The standard InChI is InChI=1S/C24H34O2/c1-23(2,3)19-13-9-17(10-14-19)21(25-7)22(26-8)18-11-15-20(16-12-18)24(4,5)6/h9-16,21-22H,1-8H3. The van der Waals surface area contributed by atoms with E-state index in [4.69, 9.17) is 9.47 Å². The molecule has 2 heteroatoms. The molecular weight excluding hydrogens is 320 g/mol. The van der Waals surface area contributed by atoms with E-state index in [1.807, 2.05) is 0 Å². The molecule has 0 fully saturated rings. The summed E-state index contributed by atoms with van der Waals surface area (Å²) in [5, 5.41) is 0. The molecule has 0 amide bonds. The smallest absolute Gasteiger partial charge is 0.112 e. The topological polar surface area (TPSA) is 18.5 Å². The Morgan fingerprint density at radius 1 is 0.538 bits per heavy atom. The predicted molar refractivity (Wildman–Crippen MR) is 110 cm³/mol. The molecule has 2 nitrogen and oxygen atoms in total. The molecule has 2 unspecified atom stereocenters. The fourth-order valence-electron chi connectivity index (χ4n) is 3.21. The molecule has 0 aliphatic carbocycles. The van der Waals surface area contributed by atoms with Gasteiger partial charge in [0.1, 0.15) is 12.2 Å². The Hall–Kier alpha value is -1.64. The van der Waals surface area contributed by atoms with E-state index < -0.39 is 0 Å². The molecule has 0 spiro atoms. The van der Waals surface area contributed by atoms with Gasteiger partial charge in [-0.1, -0.05) is 90.1 Å². The zero-order valence-corrected chi connectivity index (χ0v) is 17.6. The quantitative estimate of drug-likeness (QED) is 0.622. The molecule has 0 saturated carbocycles. The van der Waals surface area contributed by atoms with Crippen LogP contribution in [0, 0.1) is 0 Å². The highest BCUT2D eigenvalue weighted by molar-refractivity contribution is 5.33. The first-order valence-electron chi connectivity index (χ1n) is 9.34. The van der Waals surface area contributed by atoms with Gasteiger partial charge in [-0.2, -0.15) is 0 Å². The third kappa shape index (κ3) is 4.75. The molecule has 26 heavy (non-hydrogen) atoms. The van der Waals surface area contributed by atoms with Crippen LogP contribution in [0.1, 0.15) is 76.0 Å². The van der Waals surface area contributed by atoms with Crippen molar-refractivity contribution in [2.24, 2.45) is 0 Å². The average molecular weight is 355 g/mol. The Kier molecular flexibility index (Phi) is 6.31. The van der Waals surface area contributed by atoms with Crippen LogP contribution >= 0.6 is 0 Å². The molecule has 0 bridgehead atoms. The number of hydrogen-bond donors (Lipinski definition) is 0. The fraction of sp³-hybridized carbons (Fsp3) is 0.500. The average Bonchev–Trinajstić information content (AvgIpc) is 2.58. The van der Waals surface area contributed by atoms with Gasteiger partial charge in [0.2, 0.25) is 0 Å². The molecular formula is C24H34O2. The maximum Gasteiger partial charge on any atom is 0.112 e. The van der Waals surface area contributed by atoms with Crippen molar-refractivity contribution in [3.8, 4) is 0 Å². The lowest BCUT2D eigenvalue weighted by Gasteiger charge is -2.27. The van der Waals surface area contributed by atoms with Gasteiger partial charge in [0, 0.05) is 14.2 Å². The van der Waals surface area contributed by atoms with Gasteiger partial charge < -0.3 is 9.47 Å². The van der Waals surface area contributed by atoms with E-state index >= 15 is 0 Å². The Morgan fingerprint density at radius 2 is 0.808 bits per heavy atom. The molecule has 142 valence electrons. The number of benzene rings is 2. The molecule has 0 heterocycles. The normalized spacial score (nSPS) is 14.9. The maximum atomic E-state index is 5.84. The Balaban J connectivity index is 2.31. The van der Waals surface area contributed by atoms with Gasteiger partial charge in [-0.3, -0.25) is 0 Å². The SMILES string of the molecule is COC(c1ccc(C(C)(C)C)cc1)C(OC)c1ccc(C(C)(C)C)cc1. The largest absolute Gasteiger partial charge is 0.374 e. The van der Waals surface area contributed by atoms with E-state index in [1.165, 1.54) is 11.1 Å². The summed E-state index contributed by atoms with van der Waals surface area (Å²) >= 11 is 0. The summed E-state index contributed by atoms with van der Waals surface area (Å²) < 4.78 is 11.7. The number of hydrogen-bond acceptors (Lipinski definition) is 2. The van der Waals surface area contributed by atoms with Gasteiger partial charge in [-0.05, 0) is 33.1 Å². The van der Waals surface area contributed by atoms with E-state index in [0.29, 0.717) is 0 Å². The van der Waals surface area contributed by atoms with Crippen molar-refractivity contribution in [1.29, 1.82) is 0 Å². The van der Waals surface area contributed by atoms with E-state index in [-0.39, 0.29) is 23.0 Å². The van der Waals surface area contributed by atoms with E-state index in [1.54, 1.807) is 14.2 Å². The lowest BCUT2D eigenvalue weighted by atomic mass is 9.85. The van der Waals surface area contributed by atoms with Crippen molar-refractivity contribution in [3.63, 3.8) is 0 Å². The summed E-state index contributed by atoms with van der Waals surface area (Å²) in [4.78, 5) is 0. The minimum Gasteiger partial charge on any atom is -0.374 e. The molecule has 0 saturated heterocycles. The van der Waals surface area contributed by atoms with Gasteiger partial charge in [0.15, 0.2) is 0 Å². The van der Waals surface area contributed by atoms with Crippen molar-refractivity contribution in [2.45, 2.75) is 64.6 Å². The summed E-state index contributed by atoms with van der Waals surface area (Å²) in [7, 11) is 3.50. The first-order chi connectivity index (χ1) is 12.1. The van der Waals surface area contributed by atoms with Crippen molar-refractivity contribution in [1.82, 2.24) is 0 Å². The van der Waals surface area contributed by atoms with E-state index in [2.05, 4.69) is 90.1 Å². The zero-order valence-electron chi connectivity index (χ0n) is 17.6. The fourth-order valence-corrected chi connectivity index (χ4v) is 3.21. The van der Waals surface area contributed by atoms with Crippen LogP contribution in [0.5, 0.6) is 0 Å². The lowest BCUT2D eigenvalue weighted by Crippen LogP contribution is -2.17. The van der Waals surface area contributed by atoms with Gasteiger partial charge >= 0.3 is 0 Å². The van der Waals surface area contributed by atoms with Gasteiger partial charge in [0.05, 0.1) is 0 Å². The highest BCUT2D eigenvalue weighted by atomic mass is 16.5. The minimum absolute atomic E-state index is 0.143. The van der Waals surface area contributed by atoms with Crippen LogP contribution in [0.4, 0.5) is 0 Å². The molecule has 2 aromatic rings. The first-order valence-corrected chi connectivity index (χ1v) is 9.34. The van der Waals surface area contributed by atoms with Crippen molar-refractivity contribution >= 4 is 0 Å². The summed E-state index contributed by atoms with van der Waals surface area (Å²) in [6.07, 6.45) is -0.288. The van der Waals surface area contributed by atoms with Gasteiger partial charge in [-0.25, -0.2) is 0 Å². The molecule has 2 rings (SSSR count). The summed E-state index contributed by atoms with van der Waals surface area (Å²) in [6.45, 7) is 13.4. The molecule has 0 N–H and O–H groups in total. The van der Waals surface area contributed by atoms with Gasteiger partial charge in [-0.15, -0.1) is 0 Å². The van der Waals surface area contributed by atoms with Crippen LogP contribution in [-0.4, -0.2) is 14.2 Å². The van der Waals surface area contributed by atoms with Gasteiger partial charge in [0.25, 0.3) is 0 Å². The monoisotopic (exact) mass is 354 g/mol. The lowest BCUT2D eigenvalue weighted by molar-refractivity contribution is -0.0397. The van der Waals surface area contributed by atoms with Crippen molar-refractivity contribution in [3.05, 3.63) is 70.8 Å².